The van der Waals surface area contributed by atoms with Crippen LogP contribution in [0.5, 0.6) is 0 Å². The van der Waals surface area contributed by atoms with E-state index in [9.17, 15) is 9.59 Å². The molecule has 1 heterocycles. The molecule has 0 spiro atoms. The van der Waals surface area contributed by atoms with Crippen LogP contribution < -0.4 is 11.3 Å². The predicted octanol–water partition coefficient (Wildman–Crippen LogP) is 5.08. The molecule has 0 unspecified atom stereocenters. The van der Waals surface area contributed by atoms with E-state index in [-0.39, 0.29) is 29.4 Å². The average Bonchev–Trinajstić information content (AvgIpc) is 3.16. The van der Waals surface area contributed by atoms with Crippen LogP contribution >= 0.6 is 35.8 Å². The van der Waals surface area contributed by atoms with Crippen LogP contribution in [0.4, 0.5) is 0 Å². The van der Waals surface area contributed by atoms with E-state index in [1.54, 1.807) is 54.6 Å². The molecule has 33 heavy (non-hydrogen) atoms. The van der Waals surface area contributed by atoms with Crippen LogP contribution in [0, 0.1) is 0 Å². The minimum Gasteiger partial charge on any atom is -0.383 e. The van der Waals surface area contributed by atoms with Crippen LogP contribution in [0.15, 0.2) is 99.6 Å². The monoisotopic (exact) mass is 498 g/mol. The molecule has 6 nitrogen and oxygen atoms in total. The maximum Gasteiger partial charge on any atom is 0.282 e. The number of benzene rings is 3. The van der Waals surface area contributed by atoms with Crippen molar-refractivity contribution in [3.05, 3.63) is 117 Å². The average molecular weight is 499 g/mol. The van der Waals surface area contributed by atoms with Gasteiger partial charge in [-0.3, -0.25) is 14.7 Å². The number of aromatic nitrogens is 2. The maximum absolute atomic E-state index is 13.2. The second kappa shape index (κ2) is 11.0. The third-order valence-corrected chi connectivity index (χ3v) is 5.97. The molecule has 3 aromatic carbocycles. The minimum absolute atomic E-state index is 0. The second-order valence-corrected chi connectivity index (χ2v) is 8.34. The molecular weight excluding hydrogens is 479 g/mol. The largest absolute Gasteiger partial charge is 0.383 e. The number of amidine groups is 1. The summed E-state index contributed by atoms with van der Waals surface area (Å²) in [6, 6.07) is 25.1. The van der Waals surface area contributed by atoms with Crippen LogP contribution in [0.1, 0.15) is 21.6 Å². The summed E-state index contributed by atoms with van der Waals surface area (Å²) in [6.07, 6.45) is 0. The molecule has 9 heteroatoms. The van der Waals surface area contributed by atoms with Gasteiger partial charge < -0.3 is 5.73 Å². The third-order valence-electron chi connectivity index (χ3n) is 4.68. The number of amides is 1. The van der Waals surface area contributed by atoms with Gasteiger partial charge in [-0.1, -0.05) is 48.0 Å². The molecule has 0 aliphatic rings. The highest BCUT2D eigenvalue weighted by Crippen LogP contribution is 2.25. The van der Waals surface area contributed by atoms with E-state index in [4.69, 9.17) is 17.3 Å². The number of carbonyl (C=O) groups excluding carboxylic acids is 1. The van der Waals surface area contributed by atoms with Crippen LogP contribution in [0.25, 0.3) is 5.69 Å². The number of thioether (sulfide) groups is 1. The number of rotatable bonds is 6. The zero-order chi connectivity index (χ0) is 22.5. The normalized spacial score (nSPS) is 11.1. The standard InChI is InChI=1S/C24H19ClN4O2S.ClH/c25-17-11-13-19(14-12-17)32-15-20-21(22(26)27-23(30)16-7-3-1-4-8-16)24(31)29(28-20)18-9-5-2-6-10-18;/h1-14,28H,15H2,(H2,26,27,30);1H. The molecule has 0 aliphatic heterocycles. The van der Waals surface area contributed by atoms with E-state index in [1.807, 2.05) is 30.3 Å². The summed E-state index contributed by atoms with van der Waals surface area (Å²) in [7, 11) is 0. The fourth-order valence-electron chi connectivity index (χ4n) is 3.11. The quantitative estimate of drug-likeness (QED) is 0.220. The topological polar surface area (TPSA) is 93.2 Å². The fourth-order valence-corrected chi connectivity index (χ4v) is 4.08. The Morgan fingerprint density at radius 3 is 2.21 bits per heavy atom. The van der Waals surface area contributed by atoms with Crippen molar-refractivity contribution in [2.24, 2.45) is 10.7 Å². The van der Waals surface area contributed by atoms with Gasteiger partial charge in [0.15, 0.2) is 0 Å². The van der Waals surface area contributed by atoms with Crippen molar-refractivity contribution in [1.82, 2.24) is 9.78 Å². The van der Waals surface area contributed by atoms with Crippen molar-refractivity contribution in [2.45, 2.75) is 10.6 Å². The number of halogens is 2. The minimum atomic E-state index is -0.508. The van der Waals surface area contributed by atoms with Gasteiger partial charge in [-0.2, -0.15) is 4.99 Å². The Labute approximate surface area is 205 Å². The molecule has 0 bridgehead atoms. The lowest BCUT2D eigenvalue weighted by Gasteiger charge is -2.04. The van der Waals surface area contributed by atoms with E-state index in [2.05, 4.69) is 10.1 Å². The van der Waals surface area contributed by atoms with E-state index < -0.39 is 5.91 Å². The molecule has 0 radical (unpaired) electrons. The molecule has 4 rings (SSSR count). The summed E-state index contributed by atoms with van der Waals surface area (Å²) in [6.45, 7) is 0. The van der Waals surface area contributed by atoms with Crippen molar-refractivity contribution < 1.29 is 4.79 Å². The zero-order valence-electron chi connectivity index (χ0n) is 17.3. The molecule has 0 saturated carbocycles. The summed E-state index contributed by atoms with van der Waals surface area (Å²) in [5, 5.41) is 3.77. The van der Waals surface area contributed by atoms with E-state index in [0.29, 0.717) is 27.7 Å². The Hall–Kier alpha value is -3.26. The highest BCUT2D eigenvalue weighted by molar-refractivity contribution is 7.98. The van der Waals surface area contributed by atoms with E-state index in [0.717, 1.165) is 4.90 Å². The molecule has 4 aromatic rings. The zero-order valence-corrected chi connectivity index (χ0v) is 19.7. The molecule has 0 aliphatic carbocycles. The summed E-state index contributed by atoms with van der Waals surface area (Å²) in [4.78, 5) is 30.8. The molecule has 3 N–H and O–H groups in total. The van der Waals surface area contributed by atoms with Gasteiger partial charge >= 0.3 is 0 Å². The maximum atomic E-state index is 13.2. The van der Waals surface area contributed by atoms with E-state index >= 15 is 0 Å². The number of nitrogens with two attached hydrogens (primary N) is 1. The van der Waals surface area contributed by atoms with Gasteiger partial charge in [0.25, 0.3) is 11.5 Å². The van der Waals surface area contributed by atoms with E-state index in [1.165, 1.54) is 16.4 Å². The van der Waals surface area contributed by atoms with Gasteiger partial charge in [0.2, 0.25) is 0 Å². The number of carbonyl (C=O) groups is 1. The highest BCUT2D eigenvalue weighted by Gasteiger charge is 2.20. The van der Waals surface area contributed by atoms with Crippen molar-refractivity contribution in [2.75, 3.05) is 0 Å². The number of aromatic amines is 1. The van der Waals surface area contributed by atoms with Crippen molar-refractivity contribution in [3.8, 4) is 5.69 Å². The lowest BCUT2D eigenvalue weighted by Crippen LogP contribution is -2.26. The lowest BCUT2D eigenvalue weighted by molar-refractivity contribution is 0.100. The molecule has 0 fully saturated rings. The van der Waals surface area contributed by atoms with Crippen molar-refractivity contribution in [3.63, 3.8) is 0 Å². The molecule has 168 valence electrons. The first kappa shape index (κ1) is 24.4. The highest BCUT2D eigenvalue weighted by atomic mass is 35.5. The number of aliphatic imine (C=N–C) groups is 1. The Morgan fingerprint density at radius 1 is 0.970 bits per heavy atom. The molecule has 1 amide bonds. The number of nitrogens with one attached hydrogen (secondary N) is 1. The predicted molar refractivity (Wildman–Crippen MR) is 136 cm³/mol. The number of para-hydroxylation sites is 1. The summed E-state index contributed by atoms with van der Waals surface area (Å²) >= 11 is 7.47. The summed E-state index contributed by atoms with van der Waals surface area (Å²) < 4.78 is 1.41. The summed E-state index contributed by atoms with van der Waals surface area (Å²) in [5.41, 5.74) is 7.62. The third kappa shape index (κ3) is 5.76. The van der Waals surface area contributed by atoms with Crippen LogP contribution in [-0.2, 0) is 5.75 Å². The smallest absolute Gasteiger partial charge is 0.282 e. The number of hydrogen-bond donors (Lipinski definition) is 2. The Morgan fingerprint density at radius 2 is 1.58 bits per heavy atom. The van der Waals surface area contributed by atoms with Gasteiger partial charge in [-0.15, -0.1) is 24.2 Å². The lowest BCUT2D eigenvalue weighted by atomic mass is 10.2. The molecular formula is C24H20Cl2N4O2S. The molecule has 0 saturated heterocycles. The van der Waals surface area contributed by atoms with Gasteiger partial charge in [0, 0.05) is 21.2 Å². The first-order valence-corrected chi connectivity index (χ1v) is 11.1. The first-order chi connectivity index (χ1) is 15.5. The van der Waals surface area contributed by atoms with Gasteiger partial charge in [-0.05, 0) is 48.5 Å². The Balaban J connectivity index is 0.00000306. The molecule has 1 aromatic heterocycles. The molecule has 0 atom stereocenters. The van der Waals surface area contributed by atoms with Crippen LogP contribution in [0.2, 0.25) is 5.02 Å². The Bertz CT molecular complexity index is 1320. The van der Waals surface area contributed by atoms with Crippen molar-refractivity contribution in [1.29, 1.82) is 0 Å². The van der Waals surface area contributed by atoms with Crippen LogP contribution in [0.3, 0.4) is 0 Å². The number of hydrogen-bond acceptors (Lipinski definition) is 3. The number of H-pyrrole nitrogens is 1. The van der Waals surface area contributed by atoms with Crippen molar-refractivity contribution >= 4 is 47.5 Å². The Kier molecular flexibility index (Phi) is 8.16. The van der Waals surface area contributed by atoms with Gasteiger partial charge in [0.05, 0.1) is 11.4 Å². The first-order valence-electron chi connectivity index (χ1n) is 9.74. The number of nitrogens with zero attached hydrogens (tertiary/aromatic N) is 2. The van der Waals surface area contributed by atoms with Crippen LogP contribution in [-0.4, -0.2) is 21.5 Å². The van der Waals surface area contributed by atoms with Gasteiger partial charge in [-0.25, -0.2) is 4.68 Å². The second-order valence-electron chi connectivity index (χ2n) is 6.85. The summed E-state index contributed by atoms with van der Waals surface area (Å²) in [5.74, 6) is -0.213. The SMILES string of the molecule is Cl.NC(=NC(=O)c1ccccc1)c1c(CSc2ccc(Cl)cc2)[nH]n(-c2ccccc2)c1=O. The van der Waals surface area contributed by atoms with Gasteiger partial charge in [0.1, 0.15) is 11.4 Å². The fraction of sp³-hybridized carbons (Fsp3) is 0.0417.